The van der Waals surface area contributed by atoms with Crippen LogP contribution in [0.1, 0.15) is 16.1 Å². The number of rotatable bonds is 6. The number of hydrogen-bond acceptors (Lipinski definition) is 4. The summed E-state index contributed by atoms with van der Waals surface area (Å²) >= 11 is 1.66. The SMILES string of the molecule is COc1ccc(NC(=O)c2occc2CSc2ccccc2)cc1. The van der Waals surface area contributed by atoms with Crippen molar-refractivity contribution in [2.45, 2.75) is 10.6 Å². The van der Waals surface area contributed by atoms with Crippen molar-refractivity contribution in [3.05, 3.63) is 78.3 Å². The summed E-state index contributed by atoms with van der Waals surface area (Å²) in [6.07, 6.45) is 1.55. The molecule has 0 fully saturated rings. The molecule has 1 N–H and O–H groups in total. The third-order valence-corrected chi connectivity index (χ3v) is 4.50. The minimum absolute atomic E-state index is 0.256. The van der Waals surface area contributed by atoms with Gasteiger partial charge in [0, 0.05) is 21.9 Å². The summed E-state index contributed by atoms with van der Waals surface area (Å²) in [6, 6.07) is 19.1. The number of ether oxygens (including phenoxy) is 1. The summed E-state index contributed by atoms with van der Waals surface area (Å²) in [7, 11) is 1.60. The number of carbonyl (C=O) groups excluding carboxylic acids is 1. The Bertz CT molecular complexity index is 797. The minimum atomic E-state index is -0.256. The van der Waals surface area contributed by atoms with Crippen molar-refractivity contribution in [3.8, 4) is 5.75 Å². The van der Waals surface area contributed by atoms with Crippen molar-refractivity contribution < 1.29 is 13.9 Å². The van der Waals surface area contributed by atoms with Crippen LogP contribution in [-0.4, -0.2) is 13.0 Å². The van der Waals surface area contributed by atoms with E-state index in [2.05, 4.69) is 5.32 Å². The predicted octanol–water partition coefficient (Wildman–Crippen LogP) is 4.83. The van der Waals surface area contributed by atoms with Gasteiger partial charge in [0.1, 0.15) is 5.75 Å². The zero-order valence-corrected chi connectivity index (χ0v) is 14.0. The van der Waals surface area contributed by atoms with Gasteiger partial charge >= 0.3 is 0 Å². The van der Waals surface area contributed by atoms with Crippen LogP contribution in [-0.2, 0) is 5.75 Å². The maximum absolute atomic E-state index is 12.4. The second-order valence-electron chi connectivity index (χ2n) is 5.06. The van der Waals surface area contributed by atoms with Gasteiger partial charge in [-0.25, -0.2) is 0 Å². The molecule has 0 atom stereocenters. The van der Waals surface area contributed by atoms with E-state index >= 15 is 0 Å². The molecule has 0 bridgehead atoms. The van der Waals surface area contributed by atoms with Crippen molar-refractivity contribution in [1.29, 1.82) is 0 Å². The average molecular weight is 339 g/mol. The lowest BCUT2D eigenvalue weighted by molar-refractivity contribution is 0.0996. The van der Waals surface area contributed by atoms with E-state index in [4.69, 9.17) is 9.15 Å². The Morgan fingerprint density at radius 1 is 1.08 bits per heavy atom. The van der Waals surface area contributed by atoms with Gasteiger partial charge < -0.3 is 14.5 Å². The highest BCUT2D eigenvalue weighted by Crippen LogP contribution is 2.25. The molecule has 24 heavy (non-hydrogen) atoms. The van der Waals surface area contributed by atoms with Crippen LogP contribution in [0, 0.1) is 0 Å². The quantitative estimate of drug-likeness (QED) is 0.653. The molecule has 3 rings (SSSR count). The topological polar surface area (TPSA) is 51.5 Å². The number of anilines is 1. The van der Waals surface area contributed by atoms with Crippen molar-refractivity contribution in [3.63, 3.8) is 0 Å². The molecule has 1 amide bonds. The molecule has 2 aromatic carbocycles. The number of methoxy groups -OCH3 is 1. The van der Waals surface area contributed by atoms with Crippen LogP contribution in [0.2, 0.25) is 0 Å². The molecule has 122 valence electrons. The molecular weight excluding hydrogens is 322 g/mol. The largest absolute Gasteiger partial charge is 0.497 e. The number of hydrogen-bond donors (Lipinski definition) is 1. The first-order valence-electron chi connectivity index (χ1n) is 7.46. The fourth-order valence-corrected chi connectivity index (χ4v) is 3.09. The van der Waals surface area contributed by atoms with E-state index in [1.165, 1.54) is 0 Å². The standard InChI is InChI=1S/C19H17NO3S/c1-22-16-9-7-15(8-10-16)20-19(21)18-14(11-12-23-18)13-24-17-5-3-2-4-6-17/h2-12H,13H2,1H3,(H,20,21). The molecule has 1 heterocycles. The highest BCUT2D eigenvalue weighted by molar-refractivity contribution is 7.98. The molecule has 0 radical (unpaired) electrons. The van der Waals surface area contributed by atoms with Crippen LogP contribution in [0.4, 0.5) is 5.69 Å². The number of thioether (sulfide) groups is 1. The molecular formula is C19H17NO3S. The molecule has 1 aromatic heterocycles. The fourth-order valence-electron chi connectivity index (χ4n) is 2.19. The summed E-state index contributed by atoms with van der Waals surface area (Å²) < 4.78 is 10.5. The van der Waals surface area contributed by atoms with Crippen molar-refractivity contribution in [2.75, 3.05) is 12.4 Å². The van der Waals surface area contributed by atoms with Crippen molar-refractivity contribution in [1.82, 2.24) is 0 Å². The first-order chi connectivity index (χ1) is 11.8. The molecule has 0 aliphatic heterocycles. The first kappa shape index (κ1) is 16.2. The number of amides is 1. The smallest absolute Gasteiger partial charge is 0.291 e. The predicted molar refractivity (Wildman–Crippen MR) is 95.7 cm³/mol. The van der Waals surface area contributed by atoms with Gasteiger partial charge in [0.2, 0.25) is 0 Å². The fraction of sp³-hybridized carbons (Fsp3) is 0.105. The van der Waals surface area contributed by atoms with Gasteiger partial charge in [-0.3, -0.25) is 4.79 Å². The molecule has 4 nitrogen and oxygen atoms in total. The van der Waals surface area contributed by atoms with Crippen LogP contribution in [0.5, 0.6) is 5.75 Å². The number of nitrogens with one attached hydrogen (secondary N) is 1. The summed E-state index contributed by atoms with van der Waals surface area (Å²) in [4.78, 5) is 13.6. The van der Waals surface area contributed by atoms with Gasteiger partial charge in [-0.05, 0) is 42.5 Å². The average Bonchev–Trinajstić information content (AvgIpc) is 3.10. The Hall–Kier alpha value is -2.66. The number of carbonyl (C=O) groups is 1. The summed E-state index contributed by atoms with van der Waals surface area (Å²) in [5.41, 5.74) is 1.56. The molecule has 0 saturated heterocycles. The lowest BCUT2D eigenvalue weighted by Crippen LogP contribution is -2.12. The lowest BCUT2D eigenvalue weighted by Gasteiger charge is -2.06. The lowest BCUT2D eigenvalue weighted by atomic mass is 10.2. The molecule has 0 unspecified atom stereocenters. The van der Waals surface area contributed by atoms with Gasteiger partial charge in [-0.15, -0.1) is 11.8 Å². The Kier molecular flexibility index (Phi) is 5.23. The number of furan rings is 1. The normalized spacial score (nSPS) is 10.4. The Morgan fingerprint density at radius 3 is 2.54 bits per heavy atom. The Labute approximate surface area is 144 Å². The highest BCUT2D eigenvalue weighted by atomic mass is 32.2. The molecule has 0 saturated carbocycles. The van der Waals surface area contributed by atoms with Crippen LogP contribution in [0.3, 0.4) is 0 Å². The third kappa shape index (κ3) is 4.00. The summed E-state index contributed by atoms with van der Waals surface area (Å²) in [5, 5.41) is 2.84. The van der Waals surface area contributed by atoms with Crippen LogP contribution in [0.25, 0.3) is 0 Å². The summed E-state index contributed by atoms with van der Waals surface area (Å²) in [6.45, 7) is 0. The van der Waals surface area contributed by atoms with Gasteiger partial charge in [-0.2, -0.15) is 0 Å². The van der Waals surface area contributed by atoms with E-state index < -0.39 is 0 Å². The summed E-state index contributed by atoms with van der Waals surface area (Å²) in [5.74, 6) is 1.50. The van der Waals surface area contributed by atoms with Gasteiger partial charge in [0.15, 0.2) is 5.76 Å². The number of benzene rings is 2. The maximum Gasteiger partial charge on any atom is 0.291 e. The van der Waals surface area contributed by atoms with Gasteiger partial charge in [0.25, 0.3) is 5.91 Å². The molecule has 0 spiro atoms. The molecule has 5 heteroatoms. The molecule has 0 aliphatic rings. The molecule has 0 aliphatic carbocycles. The first-order valence-corrected chi connectivity index (χ1v) is 8.44. The van der Waals surface area contributed by atoms with Crippen LogP contribution >= 0.6 is 11.8 Å². The van der Waals surface area contributed by atoms with E-state index in [0.29, 0.717) is 17.2 Å². The second kappa shape index (κ2) is 7.75. The van der Waals surface area contributed by atoms with E-state index in [-0.39, 0.29) is 5.91 Å². The van der Waals surface area contributed by atoms with Crippen LogP contribution in [0.15, 0.2) is 76.2 Å². The van der Waals surface area contributed by atoms with Crippen LogP contribution < -0.4 is 10.1 Å². The van der Waals surface area contributed by atoms with E-state index in [1.54, 1.807) is 49.4 Å². The van der Waals surface area contributed by atoms with Gasteiger partial charge in [-0.1, -0.05) is 18.2 Å². The second-order valence-corrected chi connectivity index (χ2v) is 6.11. The van der Waals surface area contributed by atoms with Crippen molar-refractivity contribution in [2.24, 2.45) is 0 Å². The van der Waals surface area contributed by atoms with E-state index in [0.717, 1.165) is 16.2 Å². The zero-order chi connectivity index (χ0) is 16.8. The maximum atomic E-state index is 12.4. The third-order valence-electron chi connectivity index (χ3n) is 3.44. The zero-order valence-electron chi connectivity index (χ0n) is 13.2. The monoisotopic (exact) mass is 339 g/mol. The Balaban J connectivity index is 1.66. The minimum Gasteiger partial charge on any atom is -0.497 e. The van der Waals surface area contributed by atoms with Gasteiger partial charge in [0.05, 0.1) is 13.4 Å². The Morgan fingerprint density at radius 2 is 1.83 bits per heavy atom. The highest BCUT2D eigenvalue weighted by Gasteiger charge is 2.15. The molecule has 3 aromatic rings. The van der Waals surface area contributed by atoms with E-state index in [1.807, 2.05) is 36.4 Å². The van der Waals surface area contributed by atoms with Crippen molar-refractivity contribution >= 4 is 23.4 Å². The van der Waals surface area contributed by atoms with E-state index in [9.17, 15) is 4.79 Å².